The molecule has 0 aromatic heterocycles. The first-order valence-electron chi connectivity index (χ1n) is 13.7. The van der Waals surface area contributed by atoms with Gasteiger partial charge in [-0.3, -0.25) is 13.9 Å². The molecule has 226 valence electrons. The van der Waals surface area contributed by atoms with Crippen molar-refractivity contribution >= 4 is 50.7 Å². The quantitative estimate of drug-likeness (QED) is 0.227. The van der Waals surface area contributed by atoms with Crippen LogP contribution in [0.1, 0.15) is 44.2 Å². The summed E-state index contributed by atoms with van der Waals surface area (Å²) in [6.45, 7) is 3.95. The maximum atomic E-state index is 13.9. The molecule has 0 bridgehead atoms. The number of nitrogens with zero attached hydrogens (tertiary/aromatic N) is 2. The smallest absolute Gasteiger partial charge is 0.243 e. The molecule has 0 aliphatic carbocycles. The molecule has 2 atom stereocenters. The largest absolute Gasteiger partial charge is 0.352 e. The van der Waals surface area contributed by atoms with Crippen LogP contribution in [0.3, 0.4) is 0 Å². The molecule has 7 nitrogen and oxygen atoms in total. The van der Waals surface area contributed by atoms with Crippen LogP contribution >= 0.6 is 23.2 Å². The molecule has 1 N–H and O–H groups in total. The SMILES string of the molecule is CC[C@@H](C)NC(=O)[C@H](Cc1ccccc1)N(Cc1ccc(Cl)c(Cl)c1)C(=O)CCCN(c1ccc(F)cc1)S(C)(=O)=O. The number of hydrogen-bond acceptors (Lipinski definition) is 4. The van der Waals surface area contributed by atoms with Crippen LogP contribution in [0.25, 0.3) is 0 Å². The minimum atomic E-state index is -3.70. The number of carbonyl (C=O) groups is 2. The second-order valence-electron chi connectivity index (χ2n) is 10.2. The number of hydrogen-bond donors (Lipinski definition) is 1. The van der Waals surface area contributed by atoms with Crippen LogP contribution < -0.4 is 9.62 Å². The number of sulfonamides is 1. The predicted octanol–water partition coefficient (Wildman–Crippen LogP) is 6.23. The lowest BCUT2D eigenvalue weighted by Gasteiger charge is -2.33. The summed E-state index contributed by atoms with van der Waals surface area (Å²) in [6.07, 6.45) is 2.20. The van der Waals surface area contributed by atoms with Crippen molar-refractivity contribution in [1.82, 2.24) is 10.2 Å². The molecule has 0 spiro atoms. The second-order valence-corrected chi connectivity index (χ2v) is 12.9. The molecule has 2 amide bonds. The van der Waals surface area contributed by atoms with Gasteiger partial charge in [0.25, 0.3) is 0 Å². The molecule has 0 aliphatic heterocycles. The lowest BCUT2D eigenvalue weighted by atomic mass is 10.0. The summed E-state index contributed by atoms with van der Waals surface area (Å²) in [5, 5.41) is 3.71. The minimum absolute atomic E-state index is 0.000758. The van der Waals surface area contributed by atoms with Gasteiger partial charge in [0.05, 0.1) is 22.0 Å². The van der Waals surface area contributed by atoms with Crippen LogP contribution in [0.4, 0.5) is 10.1 Å². The fourth-order valence-electron chi connectivity index (χ4n) is 4.44. The maximum absolute atomic E-state index is 13.9. The summed E-state index contributed by atoms with van der Waals surface area (Å²) in [5.74, 6) is -1.10. The van der Waals surface area contributed by atoms with E-state index < -0.39 is 21.9 Å². The Morgan fingerprint density at radius 1 is 0.952 bits per heavy atom. The summed E-state index contributed by atoms with van der Waals surface area (Å²) < 4.78 is 39.6. The third-order valence-electron chi connectivity index (χ3n) is 6.88. The number of rotatable bonds is 14. The van der Waals surface area contributed by atoms with Gasteiger partial charge in [0, 0.05) is 32.0 Å². The Bertz CT molecular complexity index is 1460. The van der Waals surface area contributed by atoms with Gasteiger partial charge in [-0.2, -0.15) is 0 Å². The van der Waals surface area contributed by atoms with E-state index in [2.05, 4.69) is 5.32 Å². The first kappa shape index (κ1) is 33.4. The van der Waals surface area contributed by atoms with E-state index in [0.29, 0.717) is 21.3 Å². The van der Waals surface area contributed by atoms with Crippen molar-refractivity contribution in [2.45, 2.75) is 58.2 Å². The van der Waals surface area contributed by atoms with Gasteiger partial charge in [0.1, 0.15) is 11.9 Å². The Labute approximate surface area is 257 Å². The van der Waals surface area contributed by atoms with Crippen LogP contribution in [0.2, 0.25) is 10.0 Å². The van der Waals surface area contributed by atoms with Crippen LogP contribution in [0.5, 0.6) is 0 Å². The molecule has 0 saturated carbocycles. The molecule has 42 heavy (non-hydrogen) atoms. The molecule has 0 aliphatic rings. The van der Waals surface area contributed by atoms with Crippen molar-refractivity contribution in [3.05, 3.63) is 99.8 Å². The van der Waals surface area contributed by atoms with Crippen molar-refractivity contribution in [3.63, 3.8) is 0 Å². The number of benzene rings is 3. The van der Waals surface area contributed by atoms with E-state index >= 15 is 0 Å². The maximum Gasteiger partial charge on any atom is 0.243 e. The first-order valence-corrected chi connectivity index (χ1v) is 16.3. The van der Waals surface area contributed by atoms with Crippen LogP contribution in [-0.2, 0) is 32.6 Å². The number of nitrogens with one attached hydrogen (secondary N) is 1. The highest BCUT2D eigenvalue weighted by Gasteiger charge is 2.31. The Morgan fingerprint density at radius 2 is 1.62 bits per heavy atom. The molecular formula is C31H36Cl2FN3O4S. The average molecular weight is 637 g/mol. The Morgan fingerprint density at radius 3 is 2.21 bits per heavy atom. The topological polar surface area (TPSA) is 86.8 Å². The van der Waals surface area contributed by atoms with Crippen molar-refractivity contribution in [2.75, 3.05) is 17.1 Å². The number of anilines is 1. The summed E-state index contributed by atoms with van der Waals surface area (Å²) >= 11 is 12.4. The van der Waals surface area contributed by atoms with Gasteiger partial charge in [0.15, 0.2) is 0 Å². The van der Waals surface area contributed by atoms with Gasteiger partial charge in [-0.05, 0) is 67.3 Å². The monoisotopic (exact) mass is 635 g/mol. The fourth-order valence-corrected chi connectivity index (χ4v) is 5.73. The van der Waals surface area contributed by atoms with E-state index in [4.69, 9.17) is 23.2 Å². The standard InChI is InChI=1S/C31H36Cl2FN3O4S/c1-4-22(2)35-31(39)29(20-23-9-6-5-7-10-23)36(21-24-12-17-27(32)28(33)19-24)30(38)11-8-18-37(42(3,40)41)26-15-13-25(34)14-16-26/h5-7,9-10,12-17,19,22,29H,4,8,11,18,20-21H2,1-3H3,(H,35,39)/t22-,29+/m1/s1. The second kappa shape index (κ2) is 15.4. The van der Waals surface area contributed by atoms with E-state index in [9.17, 15) is 22.4 Å². The molecule has 0 heterocycles. The molecule has 0 fully saturated rings. The summed E-state index contributed by atoms with van der Waals surface area (Å²) in [6, 6.07) is 18.7. The van der Waals surface area contributed by atoms with Gasteiger partial charge in [-0.1, -0.05) is 66.5 Å². The Balaban J connectivity index is 1.91. The molecule has 0 unspecified atom stereocenters. The van der Waals surface area contributed by atoms with Gasteiger partial charge >= 0.3 is 0 Å². The molecule has 3 aromatic carbocycles. The van der Waals surface area contributed by atoms with Gasteiger partial charge in [-0.25, -0.2) is 12.8 Å². The zero-order valence-corrected chi connectivity index (χ0v) is 26.2. The van der Waals surface area contributed by atoms with E-state index in [1.165, 1.54) is 29.2 Å². The van der Waals surface area contributed by atoms with Gasteiger partial charge < -0.3 is 10.2 Å². The molecular weight excluding hydrogens is 600 g/mol. The lowest BCUT2D eigenvalue weighted by molar-refractivity contribution is -0.141. The van der Waals surface area contributed by atoms with Gasteiger partial charge in [0.2, 0.25) is 21.8 Å². The van der Waals surface area contributed by atoms with Crippen LogP contribution in [-0.4, -0.2) is 50.0 Å². The van der Waals surface area contributed by atoms with Crippen molar-refractivity contribution in [3.8, 4) is 0 Å². The molecule has 0 saturated heterocycles. The molecule has 11 heteroatoms. The van der Waals surface area contributed by atoms with E-state index in [1.54, 1.807) is 18.2 Å². The molecule has 3 rings (SSSR count). The van der Waals surface area contributed by atoms with Gasteiger partial charge in [-0.15, -0.1) is 0 Å². The van der Waals surface area contributed by atoms with E-state index in [-0.39, 0.29) is 50.2 Å². The average Bonchev–Trinajstić information content (AvgIpc) is 2.95. The highest BCUT2D eigenvalue weighted by molar-refractivity contribution is 7.92. The normalized spacial score (nSPS) is 12.8. The Kier molecular flexibility index (Phi) is 12.2. The summed E-state index contributed by atoms with van der Waals surface area (Å²) in [4.78, 5) is 29.0. The third kappa shape index (κ3) is 9.71. The van der Waals surface area contributed by atoms with Crippen LogP contribution in [0, 0.1) is 5.82 Å². The summed E-state index contributed by atoms with van der Waals surface area (Å²) in [5.41, 5.74) is 1.87. The van der Waals surface area contributed by atoms with Crippen molar-refractivity contribution < 1.29 is 22.4 Å². The first-order chi connectivity index (χ1) is 19.9. The zero-order valence-electron chi connectivity index (χ0n) is 23.9. The highest BCUT2D eigenvalue weighted by Crippen LogP contribution is 2.25. The number of amides is 2. The predicted molar refractivity (Wildman–Crippen MR) is 167 cm³/mol. The third-order valence-corrected chi connectivity index (χ3v) is 8.81. The summed E-state index contributed by atoms with van der Waals surface area (Å²) in [7, 11) is -3.70. The number of halogens is 3. The van der Waals surface area contributed by atoms with Crippen molar-refractivity contribution in [1.29, 1.82) is 0 Å². The fraction of sp³-hybridized carbons (Fsp3) is 0.355. The van der Waals surface area contributed by atoms with Crippen molar-refractivity contribution in [2.24, 2.45) is 0 Å². The zero-order chi connectivity index (χ0) is 30.9. The molecule has 0 radical (unpaired) electrons. The lowest BCUT2D eigenvalue weighted by Crippen LogP contribution is -2.52. The Hall–Kier alpha value is -3.14. The van der Waals surface area contributed by atoms with Crippen LogP contribution in [0.15, 0.2) is 72.8 Å². The van der Waals surface area contributed by atoms with E-state index in [1.807, 2.05) is 44.2 Å². The van der Waals surface area contributed by atoms with E-state index in [0.717, 1.165) is 22.5 Å². The minimum Gasteiger partial charge on any atom is -0.352 e. The molecule has 3 aromatic rings. The number of carbonyl (C=O) groups excluding carboxylic acids is 2. The highest BCUT2D eigenvalue weighted by atomic mass is 35.5.